The van der Waals surface area contributed by atoms with Gasteiger partial charge < -0.3 is 20.6 Å². The number of nitrogen functional groups attached to an aromatic ring is 1. The molecule has 0 aliphatic heterocycles. The van der Waals surface area contributed by atoms with E-state index in [0.717, 1.165) is 5.76 Å². The molecule has 6 nitrogen and oxygen atoms in total. The maximum atomic E-state index is 10.9. The summed E-state index contributed by atoms with van der Waals surface area (Å²) in [5.41, 5.74) is 6.14. The van der Waals surface area contributed by atoms with E-state index in [9.17, 15) is 4.79 Å². The summed E-state index contributed by atoms with van der Waals surface area (Å²) in [6.07, 6.45) is 2.27. The maximum Gasteiger partial charge on any atom is 0.354 e. The molecule has 6 heteroatoms. The molecule has 0 fully saturated rings. The van der Waals surface area contributed by atoms with E-state index in [1.54, 1.807) is 6.26 Å². The fraction of sp³-hybridized carbons (Fsp3) is 0.231. The van der Waals surface area contributed by atoms with Crippen LogP contribution in [-0.4, -0.2) is 22.1 Å². The van der Waals surface area contributed by atoms with Gasteiger partial charge in [0.1, 0.15) is 11.6 Å². The average Bonchev–Trinajstić information content (AvgIpc) is 2.84. The smallest absolute Gasteiger partial charge is 0.354 e. The van der Waals surface area contributed by atoms with Crippen LogP contribution < -0.4 is 11.1 Å². The highest BCUT2D eigenvalue weighted by molar-refractivity contribution is 5.86. The van der Waals surface area contributed by atoms with E-state index in [1.807, 2.05) is 19.1 Å². The van der Waals surface area contributed by atoms with Crippen molar-refractivity contribution in [1.29, 1.82) is 0 Å². The summed E-state index contributed by atoms with van der Waals surface area (Å²) in [7, 11) is 0. The fourth-order valence-electron chi connectivity index (χ4n) is 1.72. The second-order valence-corrected chi connectivity index (χ2v) is 4.27. The minimum atomic E-state index is -1.08. The van der Waals surface area contributed by atoms with E-state index < -0.39 is 5.97 Å². The first-order valence-corrected chi connectivity index (χ1v) is 5.85. The number of aromatic carboxylic acids is 1. The van der Waals surface area contributed by atoms with Crippen LogP contribution in [0, 0.1) is 0 Å². The quantitative estimate of drug-likeness (QED) is 0.760. The summed E-state index contributed by atoms with van der Waals surface area (Å²) >= 11 is 0. The molecular formula is C13H15N3O3. The number of rotatable bonds is 5. The lowest BCUT2D eigenvalue weighted by molar-refractivity contribution is 0.0690. The van der Waals surface area contributed by atoms with E-state index >= 15 is 0 Å². The molecule has 4 N–H and O–H groups in total. The Bertz CT molecular complexity index is 567. The molecule has 0 aromatic carbocycles. The summed E-state index contributed by atoms with van der Waals surface area (Å²) in [6.45, 7) is 1.94. The third-order valence-corrected chi connectivity index (χ3v) is 2.62. The number of carboxylic acid groups (broad SMARTS) is 1. The topological polar surface area (TPSA) is 101 Å². The van der Waals surface area contributed by atoms with Crippen molar-refractivity contribution in [2.75, 3.05) is 11.1 Å². The monoisotopic (exact) mass is 261 g/mol. The lowest BCUT2D eigenvalue weighted by atomic mass is 10.2. The molecule has 2 aromatic heterocycles. The van der Waals surface area contributed by atoms with Crippen molar-refractivity contribution >= 4 is 17.5 Å². The minimum Gasteiger partial charge on any atom is -0.477 e. The van der Waals surface area contributed by atoms with Crippen LogP contribution in [0.15, 0.2) is 34.9 Å². The van der Waals surface area contributed by atoms with Gasteiger partial charge >= 0.3 is 5.97 Å². The number of nitrogens with one attached hydrogen (secondary N) is 1. The molecule has 2 heterocycles. The number of nitrogens with two attached hydrogens (primary N) is 1. The normalized spacial score (nSPS) is 12.1. The van der Waals surface area contributed by atoms with Gasteiger partial charge in [0, 0.05) is 12.5 Å². The van der Waals surface area contributed by atoms with Gasteiger partial charge in [-0.15, -0.1) is 0 Å². The van der Waals surface area contributed by atoms with Crippen LogP contribution in [0.25, 0.3) is 0 Å². The van der Waals surface area contributed by atoms with Crippen molar-refractivity contribution in [3.05, 3.63) is 42.0 Å². The number of carboxylic acids is 1. The zero-order chi connectivity index (χ0) is 13.8. The zero-order valence-electron chi connectivity index (χ0n) is 10.5. The van der Waals surface area contributed by atoms with E-state index in [1.165, 1.54) is 12.1 Å². The summed E-state index contributed by atoms with van der Waals surface area (Å²) in [4.78, 5) is 14.8. The van der Waals surface area contributed by atoms with E-state index in [4.69, 9.17) is 15.3 Å². The highest BCUT2D eigenvalue weighted by Gasteiger charge is 2.12. The average molecular weight is 261 g/mol. The van der Waals surface area contributed by atoms with Gasteiger partial charge in [0.05, 0.1) is 12.0 Å². The Morgan fingerprint density at radius 1 is 1.53 bits per heavy atom. The third-order valence-electron chi connectivity index (χ3n) is 2.62. The molecule has 0 aliphatic carbocycles. The first-order chi connectivity index (χ1) is 9.06. The molecule has 0 bridgehead atoms. The molecule has 0 spiro atoms. The number of nitrogens with zero attached hydrogens (tertiary/aromatic N) is 1. The molecule has 100 valence electrons. The number of aromatic nitrogens is 1. The van der Waals surface area contributed by atoms with Gasteiger partial charge in [-0.2, -0.15) is 0 Å². The van der Waals surface area contributed by atoms with Gasteiger partial charge in [-0.1, -0.05) is 0 Å². The molecular weight excluding hydrogens is 246 g/mol. The standard InChI is InChI=1S/C13H15N3O3/c1-8(7-9-3-2-6-19-9)15-12-10(14)4-5-11(16-12)13(17)18/h2-6,8H,7,14H2,1H3,(H,15,16)(H,17,18). The molecule has 0 aliphatic rings. The summed E-state index contributed by atoms with van der Waals surface area (Å²) in [6, 6.07) is 6.62. The summed E-state index contributed by atoms with van der Waals surface area (Å²) < 4.78 is 5.25. The van der Waals surface area contributed by atoms with Gasteiger partial charge in [-0.3, -0.25) is 0 Å². The molecule has 0 saturated heterocycles. The van der Waals surface area contributed by atoms with Crippen molar-refractivity contribution < 1.29 is 14.3 Å². The van der Waals surface area contributed by atoms with Gasteiger partial charge in [-0.05, 0) is 31.2 Å². The molecule has 1 unspecified atom stereocenters. The molecule has 0 radical (unpaired) electrons. The first kappa shape index (κ1) is 12.9. The first-order valence-electron chi connectivity index (χ1n) is 5.85. The SMILES string of the molecule is CC(Cc1ccco1)Nc1nc(C(=O)O)ccc1N. The zero-order valence-corrected chi connectivity index (χ0v) is 10.5. The highest BCUT2D eigenvalue weighted by Crippen LogP contribution is 2.18. The molecule has 19 heavy (non-hydrogen) atoms. The van der Waals surface area contributed by atoms with E-state index in [-0.39, 0.29) is 11.7 Å². The number of anilines is 2. The van der Waals surface area contributed by atoms with E-state index in [0.29, 0.717) is 17.9 Å². The number of carbonyl (C=O) groups is 1. The van der Waals surface area contributed by atoms with Crippen LogP contribution in [0.3, 0.4) is 0 Å². The molecule has 2 aromatic rings. The van der Waals surface area contributed by atoms with Crippen LogP contribution in [0.4, 0.5) is 11.5 Å². The molecule has 2 rings (SSSR count). The predicted octanol–water partition coefficient (Wildman–Crippen LogP) is 2.00. The Morgan fingerprint density at radius 3 is 2.95 bits per heavy atom. The lowest BCUT2D eigenvalue weighted by Gasteiger charge is -2.15. The fourth-order valence-corrected chi connectivity index (χ4v) is 1.72. The van der Waals surface area contributed by atoms with Gasteiger partial charge in [0.25, 0.3) is 0 Å². The van der Waals surface area contributed by atoms with Crippen molar-refractivity contribution in [3.8, 4) is 0 Å². The number of hydrogen-bond acceptors (Lipinski definition) is 5. The largest absolute Gasteiger partial charge is 0.477 e. The van der Waals surface area contributed by atoms with Crippen LogP contribution in [0.5, 0.6) is 0 Å². The van der Waals surface area contributed by atoms with Gasteiger partial charge in [0.2, 0.25) is 0 Å². The Kier molecular flexibility index (Phi) is 3.70. The van der Waals surface area contributed by atoms with E-state index in [2.05, 4.69) is 10.3 Å². The summed E-state index contributed by atoms with van der Waals surface area (Å²) in [5, 5.41) is 12.0. The summed E-state index contributed by atoms with van der Waals surface area (Å²) in [5.74, 6) is 0.133. The lowest BCUT2D eigenvalue weighted by Crippen LogP contribution is -2.20. The second kappa shape index (κ2) is 5.43. The minimum absolute atomic E-state index is 0.0185. The van der Waals surface area contributed by atoms with Crippen LogP contribution in [0.1, 0.15) is 23.2 Å². The number of furan rings is 1. The van der Waals surface area contributed by atoms with Crippen molar-refractivity contribution in [3.63, 3.8) is 0 Å². The van der Waals surface area contributed by atoms with Crippen LogP contribution in [0.2, 0.25) is 0 Å². The van der Waals surface area contributed by atoms with Crippen molar-refractivity contribution in [2.24, 2.45) is 0 Å². The third kappa shape index (κ3) is 3.25. The van der Waals surface area contributed by atoms with Gasteiger partial charge in [0.15, 0.2) is 5.69 Å². The van der Waals surface area contributed by atoms with Crippen molar-refractivity contribution in [2.45, 2.75) is 19.4 Å². The van der Waals surface area contributed by atoms with Crippen molar-refractivity contribution in [1.82, 2.24) is 4.98 Å². The highest BCUT2D eigenvalue weighted by atomic mass is 16.4. The van der Waals surface area contributed by atoms with Crippen LogP contribution in [-0.2, 0) is 6.42 Å². The Morgan fingerprint density at radius 2 is 2.32 bits per heavy atom. The maximum absolute atomic E-state index is 10.9. The molecule has 0 amide bonds. The number of pyridine rings is 1. The van der Waals surface area contributed by atoms with Crippen LogP contribution >= 0.6 is 0 Å². The Hall–Kier alpha value is -2.50. The molecule has 1 atom stereocenters. The Balaban J connectivity index is 2.09. The Labute approximate surface area is 110 Å². The second-order valence-electron chi connectivity index (χ2n) is 4.27. The number of hydrogen-bond donors (Lipinski definition) is 3. The van der Waals surface area contributed by atoms with Gasteiger partial charge in [-0.25, -0.2) is 9.78 Å². The predicted molar refractivity (Wildman–Crippen MR) is 71.1 cm³/mol. The molecule has 0 saturated carbocycles.